The minimum absolute atomic E-state index is 0.0138. The van der Waals surface area contributed by atoms with Gasteiger partial charge >= 0.3 is 18.2 Å². The molecule has 2 amide bonds. The van der Waals surface area contributed by atoms with Gasteiger partial charge in [0.05, 0.1) is 28.4 Å². The van der Waals surface area contributed by atoms with Crippen molar-refractivity contribution in [3.8, 4) is 11.6 Å². The molecular formula is C24H18ClF4N5O4. The fourth-order valence-corrected chi connectivity index (χ4v) is 3.72. The maximum absolute atomic E-state index is 14.7. The second-order valence-corrected chi connectivity index (χ2v) is 8.17. The maximum atomic E-state index is 14.7. The lowest BCUT2D eigenvalue weighted by molar-refractivity contribution is -0.137. The van der Waals surface area contributed by atoms with E-state index in [0.29, 0.717) is 17.1 Å². The maximum Gasteiger partial charge on any atom is 0.417 e. The average Bonchev–Trinajstić information content (AvgIpc) is 3.19. The van der Waals surface area contributed by atoms with Crippen molar-refractivity contribution >= 4 is 40.5 Å². The highest BCUT2D eigenvalue weighted by atomic mass is 35.5. The number of anilines is 2. The second-order valence-electron chi connectivity index (χ2n) is 7.76. The lowest BCUT2D eigenvalue weighted by atomic mass is 10.2. The van der Waals surface area contributed by atoms with Crippen LogP contribution in [0.4, 0.5) is 33.7 Å². The minimum atomic E-state index is -4.72. The van der Waals surface area contributed by atoms with Crippen LogP contribution in [0.2, 0.25) is 5.02 Å². The molecule has 0 bridgehead atoms. The highest BCUT2D eigenvalue weighted by Gasteiger charge is 2.33. The van der Waals surface area contributed by atoms with Gasteiger partial charge in [0.15, 0.2) is 0 Å². The molecule has 0 unspecified atom stereocenters. The van der Waals surface area contributed by atoms with Crippen LogP contribution in [0.1, 0.15) is 28.4 Å². The Morgan fingerprint density at radius 2 is 1.89 bits per heavy atom. The second kappa shape index (κ2) is 10.5. The number of nitrogens with zero attached hydrogens (tertiary/aromatic N) is 3. The molecule has 4 rings (SSSR count). The van der Waals surface area contributed by atoms with E-state index in [9.17, 15) is 27.2 Å². The van der Waals surface area contributed by atoms with E-state index in [4.69, 9.17) is 21.1 Å². The Morgan fingerprint density at radius 3 is 2.58 bits per heavy atom. The number of benzene rings is 2. The molecule has 2 heterocycles. The minimum Gasteiger partial charge on any atom is -0.462 e. The van der Waals surface area contributed by atoms with Gasteiger partial charge in [-0.05, 0) is 49.7 Å². The molecule has 0 fully saturated rings. The van der Waals surface area contributed by atoms with Crippen molar-refractivity contribution in [3.63, 3.8) is 0 Å². The summed E-state index contributed by atoms with van der Waals surface area (Å²) in [7, 11) is 0. The van der Waals surface area contributed by atoms with Gasteiger partial charge in [0.2, 0.25) is 5.88 Å². The molecule has 0 aliphatic carbocycles. The molecule has 0 spiro atoms. The molecular weight excluding hydrogens is 534 g/mol. The third-order valence-electron chi connectivity index (χ3n) is 5.22. The normalized spacial score (nSPS) is 11.3. The monoisotopic (exact) mass is 551 g/mol. The Bertz CT molecular complexity index is 1540. The van der Waals surface area contributed by atoms with Crippen LogP contribution < -0.4 is 15.4 Å². The van der Waals surface area contributed by atoms with Crippen molar-refractivity contribution < 1.29 is 36.6 Å². The van der Waals surface area contributed by atoms with Crippen LogP contribution in [-0.4, -0.2) is 33.2 Å². The zero-order valence-corrected chi connectivity index (χ0v) is 20.4. The Morgan fingerprint density at radius 1 is 1.13 bits per heavy atom. The summed E-state index contributed by atoms with van der Waals surface area (Å²) < 4.78 is 65.9. The molecule has 9 nitrogen and oxygen atoms in total. The van der Waals surface area contributed by atoms with E-state index in [-0.39, 0.29) is 35.2 Å². The molecule has 0 saturated carbocycles. The van der Waals surface area contributed by atoms with Crippen molar-refractivity contribution in [2.75, 3.05) is 17.2 Å². The first-order valence-electron chi connectivity index (χ1n) is 10.9. The van der Waals surface area contributed by atoms with Gasteiger partial charge in [-0.1, -0.05) is 11.6 Å². The van der Waals surface area contributed by atoms with Crippen LogP contribution in [0.15, 0.2) is 48.9 Å². The molecule has 0 atom stereocenters. The summed E-state index contributed by atoms with van der Waals surface area (Å²) >= 11 is 5.57. The van der Waals surface area contributed by atoms with Gasteiger partial charge in [-0.3, -0.25) is 0 Å². The van der Waals surface area contributed by atoms with E-state index in [1.54, 1.807) is 13.8 Å². The predicted octanol–water partition coefficient (Wildman–Crippen LogP) is 6.46. The van der Waals surface area contributed by atoms with E-state index in [1.807, 2.05) is 0 Å². The van der Waals surface area contributed by atoms with E-state index in [1.165, 1.54) is 35.2 Å². The number of hydrogen-bond acceptors (Lipinski definition) is 6. The number of nitrogens with one attached hydrogen (secondary N) is 2. The first kappa shape index (κ1) is 26.7. The summed E-state index contributed by atoms with van der Waals surface area (Å²) in [5, 5.41) is 7.93. The van der Waals surface area contributed by atoms with Crippen molar-refractivity contribution in [1.29, 1.82) is 0 Å². The van der Waals surface area contributed by atoms with Crippen molar-refractivity contribution in [3.05, 3.63) is 76.5 Å². The largest absolute Gasteiger partial charge is 0.462 e. The zero-order valence-electron chi connectivity index (χ0n) is 19.7. The first-order valence-corrected chi connectivity index (χ1v) is 11.3. The molecule has 2 aromatic carbocycles. The highest BCUT2D eigenvalue weighted by molar-refractivity contribution is 6.31. The molecule has 38 heavy (non-hydrogen) atoms. The quantitative estimate of drug-likeness (QED) is 0.210. The molecule has 2 aromatic heterocycles. The topological polar surface area (TPSA) is 107 Å². The number of fused-ring (bicyclic) bond motifs is 1. The Labute approximate surface area is 217 Å². The van der Waals surface area contributed by atoms with Crippen molar-refractivity contribution in [2.24, 2.45) is 0 Å². The molecule has 4 aromatic rings. The average molecular weight is 552 g/mol. The van der Waals surface area contributed by atoms with Crippen molar-refractivity contribution in [1.82, 2.24) is 14.6 Å². The van der Waals surface area contributed by atoms with E-state index in [2.05, 4.69) is 20.7 Å². The van der Waals surface area contributed by atoms with Crippen LogP contribution in [0, 0.1) is 12.7 Å². The van der Waals surface area contributed by atoms with Gasteiger partial charge in [-0.2, -0.15) is 23.3 Å². The number of aromatic nitrogens is 3. The Balaban J connectivity index is 1.50. The third kappa shape index (κ3) is 5.62. The number of hydrogen-bond donors (Lipinski definition) is 2. The predicted molar refractivity (Wildman–Crippen MR) is 129 cm³/mol. The van der Waals surface area contributed by atoms with Gasteiger partial charge in [0, 0.05) is 18.0 Å². The van der Waals surface area contributed by atoms with Gasteiger partial charge < -0.3 is 20.1 Å². The fraction of sp³-hybridized carbons (Fsp3) is 0.167. The summed E-state index contributed by atoms with van der Waals surface area (Å²) in [5.41, 5.74) is -0.481. The number of aryl methyl sites for hydroxylation is 1. The summed E-state index contributed by atoms with van der Waals surface area (Å²) in [6.45, 7) is 3.52. The number of urea groups is 1. The van der Waals surface area contributed by atoms with Crippen molar-refractivity contribution in [2.45, 2.75) is 20.0 Å². The summed E-state index contributed by atoms with van der Waals surface area (Å²) in [5.74, 6) is -1.39. The summed E-state index contributed by atoms with van der Waals surface area (Å²) in [6, 6.07) is 5.34. The van der Waals surface area contributed by atoms with Crippen LogP contribution in [0.25, 0.3) is 5.52 Å². The van der Waals surface area contributed by atoms with Crippen LogP contribution in [0.3, 0.4) is 0 Å². The van der Waals surface area contributed by atoms with Gasteiger partial charge in [-0.15, -0.1) is 0 Å². The number of carbonyl (C=O) groups is 2. The zero-order chi connectivity index (χ0) is 27.6. The molecule has 0 saturated heterocycles. The molecule has 0 aliphatic rings. The number of halogens is 5. The van der Waals surface area contributed by atoms with E-state index < -0.39 is 34.6 Å². The van der Waals surface area contributed by atoms with E-state index in [0.717, 1.165) is 12.1 Å². The third-order valence-corrected chi connectivity index (χ3v) is 5.55. The van der Waals surface area contributed by atoms with Crippen LogP contribution in [0.5, 0.6) is 11.6 Å². The first-order chi connectivity index (χ1) is 18.0. The van der Waals surface area contributed by atoms with E-state index >= 15 is 0 Å². The lowest BCUT2D eigenvalue weighted by Crippen LogP contribution is -2.20. The number of rotatable bonds is 6. The smallest absolute Gasteiger partial charge is 0.417 e. The molecule has 198 valence electrons. The molecule has 2 N–H and O–H groups in total. The van der Waals surface area contributed by atoms with Gasteiger partial charge in [0.25, 0.3) is 0 Å². The number of amides is 2. The number of carbonyl (C=O) groups excluding carboxylic acids is 2. The van der Waals surface area contributed by atoms with Crippen LogP contribution >= 0.6 is 11.6 Å². The Hall–Kier alpha value is -4.39. The van der Waals surface area contributed by atoms with Gasteiger partial charge in [-0.25, -0.2) is 18.5 Å². The number of alkyl halides is 3. The fourth-order valence-electron chi connectivity index (χ4n) is 3.49. The Kier molecular flexibility index (Phi) is 7.39. The SMILES string of the molecule is CCOC(=O)c1cn2ncnc(Oc3ccc(NC(=O)Nc4ccc(Cl)c(C(F)(F)F)c4)c(F)c3)c2c1C. The summed E-state index contributed by atoms with van der Waals surface area (Å²) in [4.78, 5) is 28.5. The summed E-state index contributed by atoms with van der Waals surface area (Å²) in [6.07, 6.45) is -2.07. The number of ether oxygens (including phenoxy) is 2. The molecule has 0 aliphatic heterocycles. The van der Waals surface area contributed by atoms with Crippen LogP contribution in [-0.2, 0) is 10.9 Å². The number of esters is 1. The standard InChI is InChI=1S/C24H18ClF4N5O4/c1-3-37-22(35)15-10-34-20(12(15)2)21(30-11-31-34)38-14-5-7-19(18(26)9-14)33-23(36)32-13-4-6-17(25)16(8-13)24(27,28)29/h4-11H,3H2,1-2H3,(H2,32,33,36). The molecule has 14 heteroatoms. The molecule has 0 radical (unpaired) electrons. The highest BCUT2D eigenvalue weighted by Crippen LogP contribution is 2.36. The lowest BCUT2D eigenvalue weighted by Gasteiger charge is -2.13. The van der Waals surface area contributed by atoms with Gasteiger partial charge in [0.1, 0.15) is 23.4 Å².